The van der Waals surface area contributed by atoms with Crippen LogP contribution in [0.5, 0.6) is 11.5 Å². The lowest BCUT2D eigenvalue weighted by atomic mass is 10.2. The predicted octanol–water partition coefficient (Wildman–Crippen LogP) is 3.37. The van der Waals surface area contributed by atoms with Gasteiger partial charge in [0.25, 0.3) is 5.91 Å². The van der Waals surface area contributed by atoms with Crippen molar-refractivity contribution in [3.63, 3.8) is 0 Å². The number of carbonyl (C=O) groups is 2. The van der Waals surface area contributed by atoms with Gasteiger partial charge in [0.1, 0.15) is 23.0 Å². The van der Waals surface area contributed by atoms with Crippen molar-refractivity contribution in [2.75, 3.05) is 26.4 Å². The molecular formula is C20H25NO5S. The first-order valence-corrected chi connectivity index (χ1v) is 9.73. The Labute approximate surface area is 163 Å². The van der Waals surface area contributed by atoms with Gasteiger partial charge < -0.3 is 19.5 Å². The van der Waals surface area contributed by atoms with Crippen molar-refractivity contribution in [2.24, 2.45) is 0 Å². The highest BCUT2D eigenvalue weighted by Gasteiger charge is 2.14. The molecule has 1 aromatic heterocycles. The Hall–Kier alpha value is -2.54. The molecule has 2 rings (SSSR count). The molecule has 0 bridgehead atoms. The molecule has 0 fully saturated rings. The van der Waals surface area contributed by atoms with Gasteiger partial charge in [-0.2, -0.15) is 0 Å². The van der Waals surface area contributed by atoms with E-state index in [1.807, 2.05) is 45.0 Å². The molecule has 0 aliphatic carbocycles. The Morgan fingerprint density at radius 1 is 1.07 bits per heavy atom. The molecular weight excluding hydrogens is 366 g/mol. The molecule has 1 N–H and O–H groups in total. The van der Waals surface area contributed by atoms with Crippen LogP contribution in [0.2, 0.25) is 0 Å². The van der Waals surface area contributed by atoms with Gasteiger partial charge in [-0.25, -0.2) is 4.79 Å². The van der Waals surface area contributed by atoms with Crippen molar-refractivity contribution in [3.05, 3.63) is 45.6 Å². The van der Waals surface area contributed by atoms with Crippen LogP contribution in [0.25, 0.3) is 0 Å². The molecule has 0 unspecified atom stereocenters. The first-order valence-electron chi connectivity index (χ1n) is 8.92. The van der Waals surface area contributed by atoms with Gasteiger partial charge in [0.2, 0.25) is 0 Å². The minimum atomic E-state index is -0.469. The van der Waals surface area contributed by atoms with E-state index in [9.17, 15) is 9.59 Å². The molecule has 0 aliphatic heterocycles. The third kappa shape index (κ3) is 6.60. The van der Waals surface area contributed by atoms with Gasteiger partial charge in [0.15, 0.2) is 6.61 Å². The van der Waals surface area contributed by atoms with Crippen molar-refractivity contribution >= 4 is 23.2 Å². The number of hydrogen-bond donors (Lipinski definition) is 1. The fraction of sp³-hybridized carbons (Fsp3) is 0.400. The standard InChI is InChI=1S/C20H25NO5S/c1-4-17-14(3)12-18(27-17)20(23)26-13-19(22)21-10-11-25-16-8-6-15(7-9-16)24-5-2/h6-9,12H,4-5,10-11,13H2,1-3H3,(H,21,22). The highest BCUT2D eigenvalue weighted by atomic mass is 32.1. The van der Waals surface area contributed by atoms with Crippen molar-refractivity contribution in [2.45, 2.75) is 27.2 Å². The number of amides is 1. The number of carbonyl (C=O) groups excluding carboxylic acids is 2. The number of esters is 1. The second-order valence-corrected chi connectivity index (χ2v) is 6.89. The largest absolute Gasteiger partial charge is 0.494 e. The highest BCUT2D eigenvalue weighted by Crippen LogP contribution is 2.23. The van der Waals surface area contributed by atoms with Crippen LogP contribution in [0.3, 0.4) is 0 Å². The maximum Gasteiger partial charge on any atom is 0.348 e. The second kappa shape index (κ2) is 10.6. The van der Waals surface area contributed by atoms with Gasteiger partial charge in [0, 0.05) is 4.88 Å². The molecule has 0 saturated carbocycles. The van der Waals surface area contributed by atoms with Crippen LogP contribution < -0.4 is 14.8 Å². The van der Waals surface area contributed by atoms with E-state index in [0.717, 1.165) is 22.6 Å². The second-order valence-electron chi connectivity index (χ2n) is 5.75. The molecule has 0 aliphatic rings. The number of aryl methyl sites for hydroxylation is 2. The summed E-state index contributed by atoms with van der Waals surface area (Å²) in [5, 5.41) is 2.66. The maximum atomic E-state index is 12.0. The molecule has 27 heavy (non-hydrogen) atoms. The first-order chi connectivity index (χ1) is 13.0. The van der Waals surface area contributed by atoms with E-state index in [1.54, 1.807) is 6.07 Å². The summed E-state index contributed by atoms with van der Waals surface area (Å²) in [5.74, 6) is 0.650. The van der Waals surface area contributed by atoms with E-state index in [2.05, 4.69) is 5.32 Å². The van der Waals surface area contributed by atoms with E-state index in [4.69, 9.17) is 14.2 Å². The Balaban J connectivity index is 1.64. The van der Waals surface area contributed by atoms with Crippen LogP contribution in [-0.4, -0.2) is 38.2 Å². The minimum absolute atomic E-state index is 0.305. The van der Waals surface area contributed by atoms with E-state index < -0.39 is 5.97 Å². The van der Waals surface area contributed by atoms with Crippen LogP contribution in [-0.2, 0) is 16.0 Å². The fourth-order valence-corrected chi connectivity index (χ4v) is 3.39. The zero-order valence-electron chi connectivity index (χ0n) is 15.9. The Morgan fingerprint density at radius 3 is 2.33 bits per heavy atom. The summed E-state index contributed by atoms with van der Waals surface area (Å²) >= 11 is 1.41. The Bertz CT molecular complexity index is 754. The van der Waals surface area contributed by atoms with Crippen LogP contribution in [0, 0.1) is 6.92 Å². The van der Waals surface area contributed by atoms with E-state index >= 15 is 0 Å². The number of rotatable bonds is 10. The number of ether oxygens (including phenoxy) is 3. The Morgan fingerprint density at radius 2 is 1.74 bits per heavy atom. The molecule has 0 spiro atoms. The van der Waals surface area contributed by atoms with Gasteiger partial charge in [-0.1, -0.05) is 6.92 Å². The van der Waals surface area contributed by atoms with Gasteiger partial charge >= 0.3 is 5.97 Å². The topological polar surface area (TPSA) is 73.9 Å². The molecule has 1 amide bonds. The summed E-state index contributed by atoms with van der Waals surface area (Å²) in [5.41, 5.74) is 1.07. The van der Waals surface area contributed by atoms with E-state index in [1.165, 1.54) is 11.3 Å². The third-order valence-corrected chi connectivity index (χ3v) is 5.07. The highest BCUT2D eigenvalue weighted by molar-refractivity contribution is 7.14. The summed E-state index contributed by atoms with van der Waals surface area (Å²) in [4.78, 5) is 25.4. The summed E-state index contributed by atoms with van der Waals surface area (Å²) in [7, 11) is 0. The van der Waals surface area contributed by atoms with Crippen molar-refractivity contribution in [1.82, 2.24) is 5.32 Å². The fourth-order valence-electron chi connectivity index (χ4n) is 2.38. The molecule has 0 atom stereocenters. The van der Waals surface area contributed by atoms with Gasteiger partial charge in [-0.15, -0.1) is 11.3 Å². The number of benzene rings is 1. The summed E-state index contributed by atoms with van der Waals surface area (Å²) in [6, 6.07) is 9.07. The molecule has 0 radical (unpaired) electrons. The smallest absolute Gasteiger partial charge is 0.348 e. The van der Waals surface area contributed by atoms with Crippen LogP contribution in [0.1, 0.15) is 34.0 Å². The monoisotopic (exact) mass is 391 g/mol. The summed E-state index contributed by atoms with van der Waals surface area (Å²) < 4.78 is 16.0. The van der Waals surface area contributed by atoms with Crippen LogP contribution in [0.4, 0.5) is 0 Å². The third-order valence-electron chi connectivity index (χ3n) is 3.70. The van der Waals surface area contributed by atoms with E-state index in [-0.39, 0.29) is 12.5 Å². The van der Waals surface area contributed by atoms with Crippen LogP contribution >= 0.6 is 11.3 Å². The average Bonchev–Trinajstić information content (AvgIpc) is 3.05. The van der Waals surface area contributed by atoms with Crippen LogP contribution in [0.15, 0.2) is 30.3 Å². The molecule has 1 aromatic carbocycles. The molecule has 2 aromatic rings. The maximum absolute atomic E-state index is 12.0. The summed E-state index contributed by atoms with van der Waals surface area (Å²) in [6.07, 6.45) is 0.874. The minimum Gasteiger partial charge on any atom is -0.494 e. The molecule has 7 heteroatoms. The van der Waals surface area contributed by atoms with Crippen molar-refractivity contribution in [3.8, 4) is 11.5 Å². The number of nitrogens with one attached hydrogen (secondary N) is 1. The average molecular weight is 391 g/mol. The van der Waals surface area contributed by atoms with Gasteiger partial charge in [0.05, 0.1) is 13.2 Å². The first kappa shape index (κ1) is 20.8. The predicted molar refractivity (Wildman–Crippen MR) is 105 cm³/mol. The Kier molecular flexibility index (Phi) is 8.13. The van der Waals surface area contributed by atoms with E-state index in [0.29, 0.717) is 30.4 Å². The SMILES string of the molecule is CCOc1ccc(OCCNC(=O)COC(=O)c2cc(C)c(CC)s2)cc1. The summed E-state index contributed by atoms with van der Waals surface area (Å²) in [6.45, 7) is 6.87. The molecule has 6 nitrogen and oxygen atoms in total. The van der Waals surface area contributed by atoms with Crippen molar-refractivity contribution < 1.29 is 23.8 Å². The van der Waals surface area contributed by atoms with Crippen molar-refractivity contribution in [1.29, 1.82) is 0 Å². The number of thiophene rings is 1. The molecule has 0 saturated heterocycles. The van der Waals surface area contributed by atoms with Gasteiger partial charge in [-0.05, 0) is 56.2 Å². The molecule has 146 valence electrons. The lowest BCUT2D eigenvalue weighted by Crippen LogP contribution is -2.32. The zero-order valence-corrected chi connectivity index (χ0v) is 16.7. The lowest BCUT2D eigenvalue weighted by Gasteiger charge is -2.09. The molecule has 1 heterocycles. The number of hydrogen-bond acceptors (Lipinski definition) is 6. The van der Waals surface area contributed by atoms with Gasteiger partial charge in [-0.3, -0.25) is 4.79 Å². The lowest BCUT2D eigenvalue weighted by molar-refractivity contribution is -0.124. The quantitative estimate of drug-likeness (QED) is 0.497. The zero-order chi connectivity index (χ0) is 19.6. The normalized spacial score (nSPS) is 10.3.